The standard InChI is InChI=1S/C18H17N3.C8H18OSi2.Pt/c1-3-7-15(8-4-1)13-17-11-12-18-19-21(14-20(17)18)16-9-5-2-6-10-16;1-7-10(3,4)9-11(5,6)8-2;/h1-10,17H,11-13H2;7-8H,1-2H2,3-6H3;/t17-;;/m0../s1. The molecular formula is C26H35N3OPtSi2. The van der Waals surface area contributed by atoms with Crippen molar-refractivity contribution in [3.05, 3.63) is 98.8 Å². The minimum Gasteiger partial charge on any atom is -0.455 e. The average molecular weight is 657 g/mol. The van der Waals surface area contributed by atoms with Crippen LogP contribution in [-0.2, 0) is 31.6 Å². The van der Waals surface area contributed by atoms with Crippen LogP contribution < -0.4 is 5.01 Å². The van der Waals surface area contributed by atoms with E-state index >= 15 is 0 Å². The Balaban J connectivity index is 0.000000278. The second-order valence-electron chi connectivity index (χ2n) is 9.23. The molecule has 2 aliphatic rings. The van der Waals surface area contributed by atoms with Gasteiger partial charge in [0.15, 0.2) is 16.6 Å². The van der Waals surface area contributed by atoms with Gasteiger partial charge in [-0.3, -0.25) is 0 Å². The molecular weight excluding hydrogens is 622 g/mol. The first kappa shape index (κ1) is 28.0. The summed E-state index contributed by atoms with van der Waals surface area (Å²) in [5.74, 6) is 1.14. The first-order valence-corrected chi connectivity index (χ1v) is 17.2. The van der Waals surface area contributed by atoms with Crippen LogP contribution in [0.5, 0.6) is 0 Å². The van der Waals surface area contributed by atoms with E-state index < -0.39 is 16.6 Å². The minimum absolute atomic E-state index is 0. The zero-order valence-corrected chi connectivity index (χ0v) is 24.4. The van der Waals surface area contributed by atoms with Crippen molar-refractivity contribution in [2.75, 3.05) is 5.01 Å². The van der Waals surface area contributed by atoms with Gasteiger partial charge in [0.25, 0.3) is 0 Å². The summed E-state index contributed by atoms with van der Waals surface area (Å²) in [4.78, 5) is 2.22. The number of amidine groups is 1. The predicted octanol–water partition coefficient (Wildman–Crippen LogP) is 6.09. The van der Waals surface area contributed by atoms with Gasteiger partial charge in [0.1, 0.15) is 5.84 Å². The number of benzene rings is 2. The first-order chi connectivity index (χ1) is 15.2. The van der Waals surface area contributed by atoms with Crippen LogP contribution in [0.1, 0.15) is 18.4 Å². The van der Waals surface area contributed by atoms with Crippen LogP contribution >= 0.6 is 0 Å². The van der Waals surface area contributed by atoms with Crippen molar-refractivity contribution in [1.29, 1.82) is 0 Å². The summed E-state index contributed by atoms with van der Waals surface area (Å²) in [6.07, 6.45) is 3.24. The van der Waals surface area contributed by atoms with Crippen LogP contribution in [-0.4, -0.2) is 33.4 Å². The molecule has 0 spiro atoms. The van der Waals surface area contributed by atoms with Crippen molar-refractivity contribution in [3.8, 4) is 0 Å². The van der Waals surface area contributed by atoms with E-state index in [4.69, 9.17) is 4.12 Å². The molecule has 0 aromatic heterocycles. The maximum atomic E-state index is 5.97. The number of hydrogen-bond acceptors (Lipinski definition) is 4. The van der Waals surface area contributed by atoms with Crippen LogP contribution in [0.4, 0.5) is 5.69 Å². The Morgan fingerprint density at radius 1 is 0.970 bits per heavy atom. The van der Waals surface area contributed by atoms with Gasteiger partial charge in [-0.05, 0) is 68.8 Å². The van der Waals surface area contributed by atoms with Crippen molar-refractivity contribution in [2.45, 2.75) is 51.5 Å². The summed E-state index contributed by atoms with van der Waals surface area (Å²) in [5, 5.41) is 6.54. The molecule has 0 amide bonds. The molecule has 6 radical (unpaired) electrons. The van der Waals surface area contributed by atoms with E-state index in [0.29, 0.717) is 6.04 Å². The first-order valence-electron chi connectivity index (χ1n) is 11.2. The number of hydrogen-bond donors (Lipinski definition) is 0. The summed E-state index contributed by atoms with van der Waals surface area (Å²) < 4.78 is 5.97. The minimum atomic E-state index is -1.58. The molecule has 7 heteroatoms. The number of rotatable bonds is 7. The number of nitrogens with zero attached hydrogens (tertiary/aromatic N) is 3. The maximum absolute atomic E-state index is 5.97. The fourth-order valence-electron chi connectivity index (χ4n) is 3.76. The molecule has 1 atom stereocenters. The van der Waals surface area contributed by atoms with Crippen LogP contribution in [0.2, 0.25) is 26.2 Å². The third-order valence-corrected chi connectivity index (χ3v) is 11.8. The molecule has 0 unspecified atom stereocenters. The van der Waals surface area contributed by atoms with Gasteiger partial charge in [-0.1, -0.05) is 62.4 Å². The van der Waals surface area contributed by atoms with Crippen LogP contribution in [0, 0.1) is 32.6 Å². The third kappa shape index (κ3) is 8.20. The molecule has 178 valence electrons. The molecule has 1 fully saturated rings. The SMILES string of the molecule is [CH2][CH][Si](C)(C)O[Si](C)(C)[CH][CH2].[C]1N(c2ccccc2)N=C2CC[C@@H](Cc3ccccc3)N12.[Pt]. The number of fused-ring (bicyclic) bond motifs is 1. The second-order valence-corrected chi connectivity index (χ2v) is 17.3. The Morgan fingerprint density at radius 2 is 1.52 bits per heavy atom. The van der Waals surface area contributed by atoms with Gasteiger partial charge in [0.2, 0.25) is 6.67 Å². The van der Waals surface area contributed by atoms with Gasteiger partial charge in [0.05, 0.1) is 5.69 Å². The van der Waals surface area contributed by atoms with E-state index in [1.807, 2.05) is 35.3 Å². The van der Waals surface area contributed by atoms with E-state index in [9.17, 15) is 0 Å². The zero-order chi connectivity index (χ0) is 23.2. The number of hydrazone groups is 1. The van der Waals surface area contributed by atoms with Crippen molar-refractivity contribution in [2.24, 2.45) is 5.10 Å². The molecule has 2 aromatic rings. The summed E-state index contributed by atoms with van der Waals surface area (Å²) >= 11 is 0. The Kier molecular flexibility index (Phi) is 10.6. The molecule has 2 heterocycles. The van der Waals surface area contributed by atoms with Gasteiger partial charge in [-0.2, -0.15) is 5.10 Å². The van der Waals surface area contributed by atoms with Gasteiger partial charge >= 0.3 is 0 Å². The third-order valence-electron chi connectivity index (χ3n) is 5.59. The van der Waals surface area contributed by atoms with E-state index in [1.165, 1.54) is 5.56 Å². The van der Waals surface area contributed by atoms with Crippen molar-refractivity contribution in [3.63, 3.8) is 0 Å². The molecule has 0 N–H and O–H groups in total. The molecule has 4 rings (SSSR count). The summed E-state index contributed by atoms with van der Waals surface area (Å²) in [6.45, 7) is 19.6. The molecule has 0 aliphatic carbocycles. The largest absolute Gasteiger partial charge is 0.455 e. The van der Waals surface area contributed by atoms with Crippen molar-refractivity contribution >= 4 is 28.2 Å². The molecule has 2 aliphatic heterocycles. The maximum Gasteiger partial charge on any atom is 0.233 e. The van der Waals surface area contributed by atoms with E-state index in [-0.39, 0.29) is 21.1 Å². The van der Waals surface area contributed by atoms with E-state index in [2.05, 4.69) is 99.2 Å². The van der Waals surface area contributed by atoms with Crippen LogP contribution in [0.15, 0.2) is 65.8 Å². The predicted molar refractivity (Wildman–Crippen MR) is 140 cm³/mol. The fraction of sp³-hybridized carbons (Fsp3) is 0.308. The Bertz CT molecular complexity index is 864. The fourth-order valence-corrected chi connectivity index (χ4v) is 9.85. The Hall–Kier alpha value is -1.21. The van der Waals surface area contributed by atoms with Crippen molar-refractivity contribution < 1.29 is 25.2 Å². The summed E-state index contributed by atoms with van der Waals surface area (Å²) in [6, 6.07) is 25.3. The topological polar surface area (TPSA) is 28.1 Å². The average Bonchev–Trinajstić information content (AvgIpc) is 3.37. The number of anilines is 1. The molecule has 2 aromatic carbocycles. The zero-order valence-electron chi connectivity index (χ0n) is 20.1. The van der Waals surface area contributed by atoms with E-state index in [0.717, 1.165) is 30.8 Å². The van der Waals surface area contributed by atoms with Gasteiger partial charge < -0.3 is 9.02 Å². The quantitative estimate of drug-likeness (QED) is 0.338. The molecule has 1 saturated heterocycles. The normalized spacial score (nSPS) is 17.6. The molecule has 0 saturated carbocycles. The molecule has 33 heavy (non-hydrogen) atoms. The second kappa shape index (κ2) is 12.5. The molecule has 4 nitrogen and oxygen atoms in total. The summed E-state index contributed by atoms with van der Waals surface area (Å²) in [7, 11) is -3.16. The van der Waals surface area contributed by atoms with Gasteiger partial charge in [0, 0.05) is 33.5 Å². The van der Waals surface area contributed by atoms with Crippen LogP contribution in [0.3, 0.4) is 0 Å². The van der Waals surface area contributed by atoms with Crippen molar-refractivity contribution in [1.82, 2.24) is 4.90 Å². The summed E-state index contributed by atoms with van der Waals surface area (Å²) in [5.41, 5.74) is 2.45. The van der Waals surface area contributed by atoms with Gasteiger partial charge in [-0.25, -0.2) is 5.01 Å². The molecule has 0 bridgehead atoms. The van der Waals surface area contributed by atoms with Gasteiger partial charge in [-0.15, -0.1) is 0 Å². The monoisotopic (exact) mass is 656 g/mol. The van der Waals surface area contributed by atoms with Crippen LogP contribution in [0.25, 0.3) is 0 Å². The smallest absolute Gasteiger partial charge is 0.233 e. The van der Waals surface area contributed by atoms with E-state index in [1.54, 1.807) is 0 Å². The Morgan fingerprint density at radius 3 is 2.06 bits per heavy atom. The number of para-hydroxylation sites is 1. The Labute approximate surface area is 217 Å².